The molecule has 0 amide bonds. The van der Waals surface area contributed by atoms with E-state index in [1.165, 1.54) is 5.56 Å². The molecule has 1 aromatic carbocycles. The van der Waals surface area contributed by atoms with Gasteiger partial charge in [-0.2, -0.15) is 5.10 Å². The molecule has 19 heavy (non-hydrogen) atoms. The second-order valence-corrected chi connectivity index (χ2v) is 4.65. The Bertz CT molecular complexity index is 550. The summed E-state index contributed by atoms with van der Waals surface area (Å²) < 4.78 is 7.16. The van der Waals surface area contributed by atoms with Crippen molar-refractivity contribution < 1.29 is 4.74 Å². The molecule has 0 spiro atoms. The summed E-state index contributed by atoms with van der Waals surface area (Å²) in [4.78, 5) is 0. The summed E-state index contributed by atoms with van der Waals surface area (Å²) in [6.07, 6.45) is 2.64. The standard InChI is InChI=1S/C14H20N4O/c1-10-4-5-14(19-3)11(8-10)9-13(16-15)12-6-7-18(2)17-12/h4-8,13,16H,9,15H2,1-3H3. The quantitative estimate of drug-likeness (QED) is 0.631. The molecule has 2 aromatic rings. The number of hydrogen-bond donors (Lipinski definition) is 2. The highest BCUT2D eigenvalue weighted by Crippen LogP contribution is 2.25. The minimum atomic E-state index is -0.0306. The number of nitrogens with zero attached hydrogens (tertiary/aromatic N) is 2. The van der Waals surface area contributed by atoms with Gasteiger partial charge in [-0.15, -0.1) is 0 Å². The van der Waals surface area contributed by atoms with E-state index in [1.807, 2.05) is 31.4 Å². The van der Waals surface area contributed by atoms with Gasteiger partial charge in [0.15, 0.2) is 0 Å². The molecule has 0 aliphatic rings. The molecule has 0 aliphatic heterocycles. The Morgan fingerprint density at radius 2 is 2.21 bits per heavy atom. The predicted octanol–water partition coefficient (Wildman–Crippen LogP) is 1.48. The Morgan fingerprint density at radius 1 is 1.42 bits per heavy atom. The largest absolute Gasteiger partial charge is 0.496 e. The number of aromatic nitrogens is 2. The molecule has 2 rings (SSSR count). The summed E-state index contributed by atoms with van der Waals surface area (Å²) in [5, 5.41) is 4.39. The van der Waals surface area contributed by atoms with Gasteiger partial charge in [0.25, 0.3) is 0 Å². The van der Waals surface area contributed by atoms with Crippen LogP contribution in [0.25, 0.3) is 0 Å². The van der Waals surface area contributed by atoms with Crippen molar-refractivity contribution in [2.45, 2.75) is 19.4 Å². The lowest BCUT2D eigenvalue weighted by Crippen LogP contribution is -2.30. The lowest BCUT2D eigenvalue weighted by atomic mass is 10.0. The van der Waals surface area contributed by atoms with Gasteiger partial charge >= 0.3 is 0 Å². The number of hydrazine groups is 1. The molecule has 0 bridgehead atoms. The molecule has 0 radical (unpaired) electrons. The average Bonchev–Trinajstić information content (AvgIpc) is 2.82. The fourth-order valence-electron chi connectivity index (χ4n) is 2.15. The fourth-order valence-corrected chi connectivity index (χ4v) is 2.15. The molecule has 0 aliphatic carbocycles. The average molecular weight is 260 g/mol. The second-order valence-electron chi connectivity index (χ2n) is 4.65. The maximum absolute atomic E-state index is 5.65. The van der Waals surface area contributed by atoms with Crippen LogP contribution in [-0.2, 0) is 13.5 Å². The zero-order valence-corrected chi connectivity index (χ0v) is 11.6. The normalized spacial score (nSPS) is 12.4. The minimum Gasteiger partial charge on any atom is -0.496 e. The first-order valence-electron chi connectivity index (χ1n) is 6.23. The summed E-state index contributed by atoms with van der Waals surface area (Å²) in [7, 11) is 3.57. The molecule has 5 heteroatoms. The zero-order chi connectivity index (χ0) is 13.8. The molecular weight excluding hydrogens is 240 g/mol. The van der Waals surface area contributed by atoms with Crippen LogP contribution in [0.1, 0.15) is 22.9 Å². The summed E-state index contributed by atoms with van der Waals surface area (Å²) in [6, 6.07) is 8.07. The van der Waals surface area contributed by atoms with Crippen LogP contribution >= 0.6 is 0 Å². The zero-order valence-electron chi connectivity index (χ0n) is 11.6. The predicted molar refractivity (Wildman–Crippen MR) is 74.7 cm³/mol. The Hall–Kier alpha value is -1.85. The third-order valence-corrected chi connectivity index (χ3v) is 3.15. The third-order valence-electron chi connectivity index (χ3n) is 3.15. The van der Waals surface area contributed by atoms with E-state index in [0.29, 0.717) is 0 Å². The molecule has 1 unspecified atom stereocenters. The van der Waals surface area contributed by atoms with Crippen LogP contribution < -0.4 is 16.0 Å². The van der Waals surface area contributed by atoms with Gasteiger partial charge in [0.2, 0.25) is 0 Å². The first-order valence-corrected chi connectivity index (χ1v) is 6.23. The highest BCUT2D eigenvalue weighted by atomic mass is 16.5. The number of ether oxygens (including phenoxy) is 1. The van der Waals surface area contributed by atoms with E-state index in [2.05, 4.69) is 23.5 Å². The fraction of sp³-hybridized carbons (Fsp3) is 0.357. The molecule has 0 fully saturated rings. The molecule has 0 saturated carbocycles. The molecule has 1 atom stereocenters. The van der Waals surface area contributed by atoms with Crippen LogP contribution in [0.3, 0.4) is 0 Å². The van der Waals surface area contributed by atoms with Gasteiger partial charge in [-0.3, -0.25) is 16.0 Å². The molecule has 3 N–H and O–H groups in total. The van der Waals surface area contributed by atoms with Crippen molar-refractivity contribution in [3.63, 3.8) is 0 Å². The Morgan fingerprint density at radius 3 is 2.79 bits per heavy atom. The minimum absolute atomic E-state index is 0.0306. The molecular formula is C14H20N4O. The first kappa shape index (κ1) is 13.6. The van der Waals surface area contributed by atoms with Crippen molar-refractivity contribution in [1.82, 2.24) is 15.2 Å². The van der Waals surface area contributed by atoms with Gasteiger partial charge in [0.05, 0.1) is 18.8 Å². The van der Waals surface area contributed by atoms with Gasteiger partial charge in [0, 0.05) is 13.2 Å². The van der Waals surface area contributed by atoms with E-state index >= 15 is 0 Å². The number of benzene rings is 1. The van der Waals surface area contributed by atoms with E-state index in [0.717, 1.165) is 23.4 Å². The maximum atomic E-state index is 5.65. The van der Waals surface area contributed by atoms with E-state index in [1.54, 1.807) is 11.8 Å². The van der Waals surface area contributed by atoms with Crippen LogP contribution in [-0.4, -0.2) is 16.9 Å². The smallest absolute Gasteiger partial charge is 0.122 e. The van der Waals surface area contributed by atoms with Crippen LogP contribution in [0, 0.1) is 6.92 Å². The molecule has 1 aromatic heterocycles. The van der Waals surface area contributed by atoms with Gasteiger partial charge in [-0.25, -0.2) is 0 Å². The summed E-state index contributed by atoms with van der Waals surface area (Å²) in [5.74, 6) is 6.53. The molecule has 0 saturated heterocycles. The van der Waals surface area contributed by atoms with E-state index in [9.17, 15) is 0 Å². The van der Waals surface area contributed by atoms with Crippen LogP contribution in [0.4, 0.5) is 0 Å². The van der Waals surface area contributed by atoms with E-state index < -0.39 is 0 Å². The van der Waals surface area contributed by atoms with Crippen LogP contribution in [0.5, 0.6) is 5.75 Å². The topological polar surface area (TPSA) is 65.1 Å². The van der Waals surface area contributed by atoms with Crippen LogP contribution in [0.2, 0.25) is 0 Å². The van der Waals surface area contributed by atoms with Gasteiger partial charge in [-0.05, 0) is 31.0 Å². The number of nitrogens with one attached hydrogen (secondary N) is 1. The lowest BCUT2D eigenvalue weighted by Gasteiger charge is -2.16. The monoisotopic (exact) mass is 260 g/mol. The summed E-state index contributed by atoms with van der Waals surface area (Å²) in [5.41, 5.74) is 6.07. The number of nitrogens with two attached hydrogens (primary N) is 1. The lowest BCUT2D eigenvalue weighted by molar-refractivity contribution is 0.405. The number of hydrogen-bond acceptors (Lipinski definition) is 4. The highest BCUT2D eigenvalue weighted by Gasteiger charge is 2.15. The second kappa shape index (κ2) is 5.86. The van der Waals surface area contributed by atoms with Gasteiger partial charge in [0.1, 0.15) is 5.75 Å². The highest BCUT2D eigenvalue weighted by molar-refractivity contribution is 5.37. The van der Waals surface area contributed by atoms with E-state index in [4.69, 9.17) is 10.6 Å². The number of methoxy groups -OCH3 is 1. The summed E-state index contributed by atoms with van der Waals surface area (Å²) >= 11 is 0. The Kier molecular flexibility index (Phi) is 4.19. The van der Waals surface area contributed by atoms with Crippen molar-refractivity contribution >= 4 is 0 Å². The van der Waals surface area contributed by atoms with Gasteiger partial charge < -0.3 is 4.74 Å². The van der Waals surface area contributed by atoms with Gasteiger partial charge in [-0.1, -0.05) is 17.7 Å². The SMILES string of the molecule is COc1ccc(C)cc1CC(NN)c1ccn(C)n1. The molecule has 102 valence electrons. The number of rotatable bonds is 5. The Balaban J connectivity index is 2.25. The third kappa shape index (κ3) is 3.13. The van der Waals surface area contributed by atoms with Crippen molar-refractivity contribution in [2.24, 2.45) is 12.9 Å². The number of aryl methyl sites for hydroxylation is 2. The van der Waals surface area contributed by atoms with Crippen molar-refractivity contribution in [3.05, 3.63) is 47.3 Å². The summed E-state index contributed by atoms with van der Waals surface area (Å²) in [6.45, 7) is 2.06. The van der Waals surface area contributed by atoms with Crippen molar-refractivity contribution in [2.75, 3.05) is 7.11 Å². The van der Waals surface area contributed by atoms with E-state index in [-0.39, 0.29) is 6.04 Å². The maximum Gasteiger partial charge on any atom is 0.122 e. The van der Waals surface area contributed by atoms with Crippen molar-refractivity contribution in [1.29, 1.82) is 0 Å². The molecule has 5 nitrogen and oxygen atoms in total. The first-order chi connectivity index (χ1) is 9.13. The Labute approximate surface area is 113 Å². The van der Waals surface area contributed by atoms with Crippen LogP contribution in [0.15, 0.2) is 30.5 Å². The van der Waals surface area contributed by atoms with Crippen molar-refractivity contribution in [3.8, 4) is 5.75 Å². The molecule has 1 heterocycles.